The number of nitrogens with two attached hydrogens (primary N) is 1. The number of aromatic amines is 1. The summed E-state index contributed by atoms with van der Waals surface area (Å²) in [5, 5.41) is 1.30. The van der Waals surface area contributed by atoms with Gasteiger partial charge in [0, 0.05) is 29.9 Å². The molecule has 1 heterocycles. The van der Waals surface area contributed by atoms with Crippen LogP contribution in [0.5, 0.6) is 0 Å². The lowest BCUT2D eigenvalue weighted by atomic mass is 10.0. The number of Topliss-reactive ketones (excluding diaryl/α,β-unsaturated/α-hetero) is 1. The topological polar surface area (TPSA) is 58.9 Å². The van der Waals surface area contributed by atoms with Crippen LogP contribution in [0.3, 0.4) is 0 Å². The van der Waals surface area contributed by atoms with Crippen LogP contribution in [0.1, 0.15) is 37.7 Å². The minimum Gasteiger partial charge on any atom is -0.361 e. The average molecular weight is 258 g/mol. The maximum atomic E-state index is 11.5. The largest absolute Gasteiger partial charge is 0.361 e. The summed E-state index contributed by atoms with van der Waals surface area (Å²) in [5.74, 6) is 0.351. The van der Waals surface area contributed by atoms with Gasteiger partial charge >= 0.3 is 0 Å². The fourth-order valence-electron chi connectivity index (χ4n) is 2.40. The predicted octanol–water partition coefficient (Wildman–Crippen LogP) is 3.19. The van der Waals surface area contributed by atoms with E-state index in [0.717, 1.165) is 25.7 Å². The number of rotatable bonds is 8. The first kappa shape index (κ1) is 13.8. The first-order valence-electron chi connectivity index (χ1n) is 7.08. The quantitative estimate of drug-likeness (QED) is 0.714. The molecule has 0 aliphatic carbocycles. The van der Waals surface area contributed by atoms with Gasteiger partial charge < -0.3 is 10.7 Å². The van der Waals surface area contributed by atoms with E-state index in [1.54, 1.807) is 0 Å². The number of para-hydroxylation sites is 1. The second-order valence-electron chi connectivity index (χ2n) is 5.00. The molecule has 102 valence electrons. The van der Waals surface area contributed by atoms with Crippen molar-refractivity contribution in [3.63, 3.8) is 0 Å². The Morgan fingerprint density at radius 1 is 1.11 bits per heavy atom. The van der Waals surface area contributed by atoms with Gasteiger partial charge in [-0.15, -0.1) is 0 Å². The number of benzene rings is 1. The zero-order valence-corrected chi connectivity index (χ0v) is 11.3. The SMILES string of the molecule is NCCCC(=O)CCCCc1c[nH]c2ccccc12. The summed E-state index contributed by atoms with van der Waals surface area (Å²) in [6.45, 7) is 0.612. The number of fused-ring (bicyclic) bond motifs is 1. The molecule has 1 aromatic carbocycles. The standard InChI is InChI=1S/C16H22N2O/c17-11-5-8-14(19)7-2-1-6-13-12-18-16-10-4-3-9-15(13)16/h3-4,9-10,12,18H,1-2,5-8,11,17H2. The van der Waals surface area contributed by atoms with Crippen molar-refractivity contribution >= 4 is 16.7 Å². The van der Waals surface area contributed by atoms with Crippen LogP contribution in [0, 0.1) is 0 Å². The number of aromatic nitrogens is 1. The molecular formula is C16H22N2O. The van der Waals surface area contributed by atoms with Crippen molar-refractivity contribution in [2.45, 2.75) is 38.5 Å². The highest BCUT2D eigenvalue weighted by Gasteiger charge is 2.04. The summed E-state index contributed by atoms with van der Waals surface area (Å²) >= 11 is 0. The van der Waals surface area contributed by atoms with Crippen molar-refractivity contribution in [3.8, 4) is 0 Å². The molecule has 0 atom stereocenters. The molecule has 1 aromatic heterocycles. The molecule has 0 spiro atoms. The highest BCUT2D eigenvalue weighted by Crippen LogP contribution is 2.19. The monoisotopic (exact) mass is 258 g/mol. The van der Waals surface area contributed by atoms with E-state index in [2.05, 4.69) is 29.4 Å². The van der Waals surface area contributed by atoms with Gasteiger partial charge in [-0.25, -0.2) is 0 Å². The van der Waals surface area contributed by atoms with E-state index >= 15 is 0 Å². The van der Waals surface area contributed by atoms with Crippen molar-refractivity contribution in [2.24, 2.45) is 5.73 Å². The summed E-state index contributed by atoms with van der Waals surface area (Å²) in [7, 11) is 0. The Kier molecular flexibility index (Phi) is 5.16. The summed E-state index contributed by atoms with van der Waals surface area (Å²) in [6.07, 6.45) is 7.32. The van der Waals surface area contributed by atoms with Crippen molar-refractivity contribution in [3.05, 3.63) is 36.0 Å². The summed E-state index contributed by atoms with van der Waals surface area (Å²) in [6, 6.07) is 8.34. The molecule has 3 heteroatoms. The van der Waals surface area contributed by atoms with Gasteiger partial charge in [-0.05, 0) is 43.9 Å². The Morgan fingerprint density at radius 2 is 1.89 bits per heavy atom. The minimum atomic E-state index is 0.351. The third kappa shape index (κ3) is 3.93. The highest BCUT2D eigenvalue weighted by atomic mass is 16.1. The molecule has 19 heavy (non-hydrogen) atoms. The van der Waals surface area contributed by atoms with Crippen LogP contribution >= 0.6 is 0 Å². The van der Waals surface area contributed by atoms with Gasteiger partial charge in [-0.1, -0.05) is 18.2 Å². The van der Waals surface area contributed by atoms with E-state index in [1.807, 2.05) is 6.07 Å². The second-order valence-corrected chi connectivity index (χ2v) is 5.00. The number of H-pyrrole nitrogens is 1. The van der Waals surface area contributed by atoms with E-state index in [1.165, 1.54) is 16.5 Å². The highest BCUT2D eigenvalue weighted by molar-refractivity contribution is 5.83. The second kappa shape index (κ2) is 7.10. The fourth-order valence-corrected chi connectivity index (χ4v) is 2.40. The van der Waals surface area contributed by atoms with Crippen LogP contribution in [0.25, 0.3) is 10.9 Å². The van der Waals surface area contributed by atoms with Crippen LogP contribution in [0.4, 0.5) is 0 Å². The van der Waals surface area contributed by atoms with E-state index in [0.29, 0.717) is 25.2 Å². The molecule has 0 amide bonds. The molecule has 0 saturated heterocycles. The Morgan fingerprint density at radius 3 is 2.74 bits per heavy atom. The van der Waals surface area contributed by atoms with E-state index in [9.17, 15) is 4.79 Å². The molecule has 0 bridgehead atoms. The number of ketones is 1. The fraction of sp³-hybridized carbons (Fsp3) is 0.438. The third-order valence-electron chi connectivity index (χ3n) is 3.49. The summed E-state index contributed by atoms with van der Waals surface area (Å²) < 4.78 is 0. The van der Waals surface area contributed by atoms with Crippen LogP contribution in [0.15, 0.2) is 30.5 Å². The number of aryl methyl sites for hydroxylation is 1. The number of hydrogen-bond acceptors (Lipinski definition) is 2. The van der Waals surface area contributed by atoms with Crippen molar-refractivity contribution in [2.75, 3.05) is 6.54 Å². The molecular weight excluding hydrogens is 236 g/mol. The number of unbranched alkanes of at least 4 members (excludes halogenated alkanes) is 1. The lowest BCUT2D eigenvalue weighted by Gasteiger charge is -2.01. The number of carbonyl (C=O) groups is 1. The molecule has 0 aliphatic heterocycles. The number of hydrogen-bond donors (Lipinski definition) is 2. The lowest BCUT2D eigenvalue weighted by molar-refractivity contribution is -0.119. The van der Waals surface area contributed by atoms with Gasteiger partial charge in [0.15, 0.2) is 0 Å². The minimum absolute atomic E-state index is 0.351. The average Bonchev–Trinajstić information content (AvgIpc) is 2.85. The van der Waals surface area contributed by atoms with E-state index in [4.69, 9.17) is 5.73 Å². The van der Waals surface area contributed by atoms with E-state index in [-0.39, 0.29) is 0 Å². The molecule has 0 saturated carbocycles. The van der Waals surface area contributed by atoms with Crippen LogP contribution in [0.2, 0.25) is 0 Å². The molecule has 0 unspecified atom stereocenters. The van der Waals surface area contributed by atoms with Crippen LogP contribution in [-0.2, 0) is 11.2 Å². The smallest absolute Gasteiger partial charge is 0.132 e. The van der Waals surface area contributed by atoms with Gasteiger partial charge in [-0.3, -0.25) is 4.79 Å². The summed E-state index contributed by atoms with van der Waals surface area (Å²) in [5.41, 5.74) is 7.94. The van der Waals surface area contributed by atoms with Gasteiger partial charge in [0.2, 0.25) is 0 Å². The van der Waals surface area contributed by atoms with Gasteiger partial charge in [0.05, 0.1) is 0 Å². The first-order chi connectivity index (χ1) is 9.31. The predicted molar refractivity (Wildman–Crippen MR) is 79.1 cm³/mol. The van der Waals surface area contributed by atoms with Crippen molar-refractivity contribution < 1.29 is 4.79 Å². The molecule has 0 aliphatic rings. The Hall–Kier alpha value is -1.61. The Bertz CT molecular complexity index is 530. The molecule has 2 aromatic rings. The molecule has 0 radical (unpaired) electrons. The van der Waals surface area contributed by atoms with Crippen molar-refractivity contribution in [1.82, 2.24) is 4.98 Å². The van der Waals surface area contributed by atoms with Gasteiger partial charge in [0.25, 0.3) is 0 Å². The molecule has 3 N–H and O–H groups in total. The zero-order chi connectivity index (χ0) is 13.5. The van der Waals surface area contributed by atoms with Crippen molar-refractivity contribution in [1.29, 1.82) is 0 Å². The summed E-state index contributed by atoms with van der Waals surface area (Å²) in [4.78, 5) is 14.8. The molecule has 2 rings (SSSR count). The zero-order valence-electron chi connectivity index (χ0n) is 11.3. The first-order valence-corrected chi connectivity index (χ1v) is 7.08. The van der Waals surface area contributed by atoms with Gasteiger partial charge in [0.1, 0.15) is 5.78 Å². The Balaban J connectivity index is 1.75. The van der Waals surface area contributed by atoms with E-state index < -0.39 is 0 Å². The number of nitrogens with one attached hydrogen (secondary N) is 1. The number of carbonyl (C=O) groups excluding carboxylic acids is 1. The molecule has 0 fully saturated rings. The maximum absolute atomic E-state index is 11.5. The third-order valence-corrected chi connectivity index (χ3v) is 3.49. The van der Waals surface area contributed by atoms with Crippen LogP contribution in [-0.4, -0.2) is 17.3 Å². The lowest BCUT2D eigenvalue weighted by Crippen LogP contribution is -2.04. The normalized spacial score (nSPS) is 11.0. The van der Waals surface area contributed by atoms with Gasteiger partial charge in [-0.2, -0.15) is 0 Å². The molecule has 3 nitrogen and oxygen atoms in total. The maximum Gasteiger partial charge on any atom is 0.132 e. The Labute approximate surface area is 114 Å². The van der Waals surface area contributed by atoms with Crippen LogP contribution < -0.4 is 5.73 Å².